The van der Waals surface area contributed by atoms with Crippen LogP contribution in [0.3, 0.4) is 0 Å². The van der Waals surface area contributed by atoms with E-state index in [9.17, 15) is 4.79 Å². The van der Waals surface area contributed by atoms with Crippen LogP contribution in [0.1, 0.15) is 26.7 Å². The fourth-order valence-electron chi connectivity index (χ4n) is 3.76. The molecule has 0 spiro atoms. The summed E-state index contributed by atoms with van der Waals surface area (Å²) in [6.45, 7) is 6.24. The first kappa shape index (κ1) is 20.5. The predicted molar refractivity (Wildman–Crippen MR) is 117 cm³/mol. The molecule has 0 radical (unpaired) electrons. The lowest BCUT2D eigenvalue weighted by atomic mass is 9.97. The van der Waals surface area contributed by atoms with Crippen LogP contribution in [0.2, 0.25) is 5.02 Å². The number of aromatic nitrogens is 1. The van der Waals surface area contributed by atoms with Gasteiger partial charge in [0, 0.05) is 18.7 Å². The zero-order chi connectivity index (χ0) is 21.1. The second-order valence-corrected chi connectivity index (χ2v) is 7.67. The lowest BCUT2D eigenvalue weighted by Gasteiger charge is -2.29. The van der Waals surface area contributed by atoms with Crippen molar-refractivity contribution in [3.63, 3.8) is 0 Å². The number of carbonyl (C=O) groups excluding carboxylic acids is 1. The van der Waals surface area contributed by atoms with Gasteiger partial charge >= 0.3 is 5.97 Å². The molecule has 158 valence electrons. The molecule has 1 fully saturated rings. The minimum Gasteiger partial charge on any atom is -0.494 e. The highest BCUT2D eigenvalue weighted by Crippen LogP contribution is 2.35. The molecule has 1 aromatic heterocycles. The third kappa shape index (κ3) is 4.24. The van der Waals surface area contributed by atoms with E-state index in [4.69, 9.17) is 25.5 Å². The number of carbonyl (C=O) groups is 1. The molecule has 0 aliphatic carbocycles. The van der Waals surface area contributed by atoms with E-state index in [1.165, 1.54) is 0 Å². The third-order valence-corrected chi connectivity index (χ3v) is 5.64. The summed E-state index contributed by atoms with van der Waals surface area (Å²) in [7, 11) is 0. The Bertz CT molecular complexity index is 1020. The summed E-state index contributed by atoms with van der Waals surface area (Å²) in [5.74, 6) is 0.666. The maximum Gasteiger partial charge on any atom is 0.309 e. The van der Waals surface area contributed by atoms with Gasteiger partial charge in [0.15, 0.2) is 5.58 Å². The van der Waals surface area contributed by atoms with Gasteiger partial charge in [-0.2, -0.15) is 4.98 Å². The quantitative estimate of drug-likeness (QED) is 0.494. The molecule has 0 unspecified atom stereocenters. The van der Waals surface area contributed by atoms with Gasteiger partial charge in [0.2, 0.25) is 0 Å². The van der Waals surface area contributed by atoms with Gasteiger partial charge in [-0.3, -0.25) is 4.79 Å². The SMILES string of the molecule is CCOC(=O)C1CCN(c2nc3cc(Cl)c(-c4ccc(OCC)cc4)cc3o2)CC1. The van der Waals surface area contributed by atoms with Crippen molar-refractivity contribution in [3.05, 3.63) is 41.4 Å². The van der Waals surface area contributed by atoms with Gasteiger partial charge in [-0.15, -0.1) is 0 Å². The van der Waals surface area contributed by atoms with Crippen molar-refractivity contribution in [1.82, 2.24) is 4.98 Å². The zero-order valence-corrected chi connectivity index (χ0v) is 17.9. The van der Waals surface area contributed by atoms with E-state index in [2.05, 4.69) is 9.88 Å². The molecule has 7 heteroatoms. The highest BCUT2D eigenvalue weighted by Gasteiger charge is 2.28. The van der Waals surface area contributed by atoms with Gasteiger partial charge in [-0.25, -0.2) is 0 Å². The Balaban J connectivity index is 1.53. The maximum atomic E-state index is 11.9. The van der Waals surface area contributed by atoms with Gasteiger partial charge in [-0.1, -0.05) is 23.7 Å². The molecular formula is C23H25ClN2O4. The molecule has 2 heterocycles. The number of halogens is 1. The Morgan fingerprint density at radius 3 is 2.57 bits per heavy atom. The largest absolute Gasteiger partial charge is 0.494 e. The number of fused-ring (bicyclic) bond motifs is 1. The van der Waals surface area contributed by atoms with Gasteiger partial charge < -0.3 is 18.8 Å². The first-order valence-electron chi connectivity index (χ1n) is 10.3. The maximum absolute atomic E-state index is 11.9. The number of ether oxygens (including phenoxy) is 2. The van der Waals surface area contributed by atoms with Crippen molar-refractivity contribution in [3.8, 4) is 16.9 Å². The number of benzene rings is 2. The summed E-state index contributed by atoms with van der Waals surface area (Å²) < 4.78 is 16.7. The molecule has 0 bridgehead atoms. The fourth-order valence-corrected chi connectivity index (χ4v) is 4.02. The second-order valence-electron chi connectivity index (χ2n) is 7.27. The molecule has 1 aliphatic rings. The van der Waals surface area contributed by atoms with E-state index >= 15 is 0 Å². The van der Waals surface area contributed by atoms with E-state index in [1.807, 2.05) is 50.2 Å². The standard InChI is InChI=1S/C23H25ClN2O4/c1-3-28-17-7-5-15(6-8-17)18-13-21-20(14-19(18)24)25-23(30-21)26-11-9-16(10-12-26)22(27)29-4-2/h5-8,13-14,16H,3-4,9-12H2,1-2H3. The van der Waals surface area contributed by atoms with Gasteiger partial charge in [-0.05, 0) is 56.5 Å². The van der Waals surface area contributed by atoms with Crippen LogP contribution in [0.4, 0.5) is 6.01 Å². The van der Waals surface area contributed by atoms with E-state index in [0.717, 1.165) is 35.2 Å². The Morgan fingerprint density at radius 2 is 1.90 bits per heavy atom. The normalized spacial score (nSPS) is 14.8. The van der Waals surface area contributed by atoms with Crippen LogP contribution in [0.15, 0.2) is 40.8 Å². The summed E-state index contributed by atoms with van der Waals surface area (Å²) in [5, 5.41) is 0.618. The topological polar surface area (TPSA) is 64.8 Å². The predicted octanol–water partition coefficient (Wildman–Crippen LogP) is 5.33. The van der Waals surface area contributed by atoms with Crippen molar-refractivity contribution < 1.29 is 18.7 Å². The molecule has 4 rings (SSSR count). The molecule has 0 amide bonds. The Hall–Kier alpha value is -2.73. The molecule has 1 saturated heterocycles. The van der Waals surface area contributed by atoms with Gasteiger partial charge in [0.05, 0.1) is 24.2 Å². The van der Waals surface area contributed by atoms with Crippen molar-refractivity contribution >= 4 is 34.7 Å². The molecule has 6 nitrogen and oxygen atoms in total. The summed E-state index contributed by atoms with van der Waals surface area (Å²) in [6.07, 6.45) is 1.46. The molecule has 1 aliphatic heterocycles. The van der Waals surface area contributed by atoms with Crippen LogP contribution >= 0.6 is 11.6 Å². The van der Waals surface area contributed by atoms with E-state index < -0.39 is 0 Å². The van der Waals surface area contributed by atoms with Crippen LogP contribution in [0.25, 0.3) is 22.2 Å². The van der Waals surface area contributed by atoms with Crippen LogP contribution < -0.4 is 9.64 Å². The van der Waals surface area contributed by atoms with E-state index in [1.54, 1.807) is 0 Å². The summed E-state index contributed by atoms with van der Waals surface area (Å²) in [5.41, 5.74) is 3.28. The molecule has 30 heavy (non-hydrogen) atoms. The summed E-state index contributed by atoms with van der Waals surface area (Å²) >= 11 is 6.54. The number of anilines is 1. The molecule has 0 saturated carbocycles. The first-order chi connectivity index (χ1) is 14.6. The fraction of sp³-hybridized carbons (Fsp3) is 0.391. The lowest BCUT2D eigenvalue weighted by molar-refractivity contribution is -0.148. The lowest BCUT2D eigenvalue weighted by Crippen LogP contribution is -2.37. The van der Waals surface area contributed by atoms with E-state index in [-0.39, 0.29) is 11.9 Å². The third-order valence-electron chi connectivity index (χ3n) is 5.33. The monoisotopic (exact) mass is 428 g/mol. The van der Waals surface area contributed by atoms with Crippen molar-refractivity contribution in [2.45, 2.75) is 26.7 Å². The number of piperidine rings is 1. The number of oxazole rings is 1. The smallest absolute Gasteiger partial charge is 0.309 e. The minimum atomic E-state index is -0.110. The van der Waals surface area contributed by atoms with Crippen molar-refractivity contribution in [2.24, 2.45) is 5.92 Å². The van der Waals surface area contributed by atoms with Crippen LogP contribution in [0, 0.1) is 5.92 Å². The molecule has 0 atom stereocenters. The van der Waals surface area contributed by atoms with Gasteiger partial charge in [0.1, 0.15) is 11.3 Å². The Labute approximate surface area is 180 Å². The average Bonchev–Trinajstić information content (AvgIpc) is 3.17. The van der Waals surface area contributed by atoms with Crippen molar-refractivity contribution in [1.29, 1.82) is 0 Å². The van der Waals surface area contributed by atoms with Crippen LogP contribution in [-0.4, -0.2) is 37.3 Å². The molecule has 0 N–H and O–H groups in total. The van der Waals surface area contributed by atoms with Gasteiger partial charge in [0.25, 0.3) is 6.01 Å². The average molecular weight is 429 g/mol. The Kier molecular flexibility index (Phi) is 6.13. The van der Waals surface area contributed by atoms with Crippen molar-refractivity contribution in [2.75, 3.05) is 31.2 Å². The summed E-state index contributed by atoms with van der Waals surface area (Å²) in [6, 6.07) is 12.1. The number of hydrogen-bond acceptors (Lipinski definition) is 6. The highest BCUT2D eigenvalue weighted by molar-refractivity contribution is 6.34. The summed E-state index contributed by atoms with van der Waals surface area (Å²) in [4.78, 5) is 18.6. The zero-order valence-electron chi connectivity index (χ0n) is 17.2. The molecule has 3 aromatic rings. The first-order valence-corrected chi connectivity index (χ1v) is 10.7. The minimum absolute atomic E-state index is 0.0497. The molecule has 2 aromatic carbocycles. The number of hydrogen-bond donors (Lipinski definition) is 0. The second kappa shape index (κ2) is 8.96. The highest BCUT2D eigenvalue weighted by atomic mass is 35.5. The van der Waals surface area contributed by atoms with Crippen LogP contribution in [-0.2, 0) is 9.53 Å². The number of esters is 1. The Morgan fingerprint density at radius 1 is 1.17 bits per heavy atom. The number of nitrogens with zero attached hydrogens (tertiary/aromatic N) is 2. The molecular weight excluding hydrogens is 404 g/mol. The van der Waals surface area contributed by atoms with E-state index in [0.29, 0.717) is 42.9 Å². The number of rotatable bonds is 6. The van der Waals surface area contributed by atoms with Crippen LogP contribution in [0.5, 0.6) is 5.75 Å².